The van der Waals surface area contributed by atoms with Crippen molar-refractivity contribution in [1.29, 1.82) is 0 Å². The quantitative estimate of drug-likeness (QED) is 0.484. The highest BCUT2D eigenvalue weighted by Gasteiger charge is 2.09. The Morgan fingerprint density at radius 1 is 0.900 bits per heavy atom. The molecule has 0 aliphatic carbocycles. The van der Waals surface area contributed by atoms with Gasteiger partial charge in [-0.2, -0.15) is 0 Å². The van der Waals surface area contributed by atoms with Crippen LogP contribution in [-0.4, -0.2) is 6.54 Å². The highest BCUT2D eigenvalue weighted by atomic mass is 35.5. The summed E-state index contributed by atoms with van der Waals surface area (Å²) in [7, 11) is 0. The largest absolute Gasteiger partial charge is 0.310 e. The second kappa shape index (κ2) is 11.2. The lowest BCUT2D eigenvalue weighted by molar-refractivity contribution is 0.476. The van der Waals surface area contributed by atoms with Gasteiger partial charge in [0, 0.05) is 11.1 Å². The Balaban J connectivity index is 2.27. The van der Waals surface area contributed by atoms with E-state index in [2.05, 4.69) is 31.3 Å². The van der Waals surface area contributed by atoms with Gasteiger partial charge in [-0.15, -0.1) is 0 Å². The van der Waals surface area contributed by atoms with Crippen LogP contribution in [0.1, 0.15) is 76.8 Å². The Morgan fingerprint density at radius 2 is 1.50 bits per heavy atom. The third-order valence-electron chi connectivity index (χ3n) is 3.82. The van der Waals surface area contributed by atoms with E-state index in [4.69, 9.17) is 11.6 Å². The maximum absolute atomic E-state index is 5.96. The molecule has 1 aromatic carbocycles. The topological polar surface area (TPSA) is 12.0 Å². The Morgan fingerprint density at radius 3 is 2.10 bits per heavy atom. The molecule has 0 saturated carbocycles. The molecule has 1 unspecified atom stereocenters. The molecular formula is C18H30ClN. The summed E-state index contributed by atoms with van der Waals surface area (Å²) in [5.41, 5.74) is 1.36. The monoisotopic (exact) mass is 295 g/mol. The SMILES string of the molecule is CCCCCCCCCC(NCC)c1ccc(Cl)cc1. The predicted octanol–water partition coefficient (Wildman–Crippen LogP) is 6.13. The molecule has 0 radical (unpaired) electrons. The van der Waals surface area contributed by atoms with Crippen molar-refractivity contribution >= 4 is 11.6 Å². The third kappa shape index (κ3) is 7.31. The molecule has 1 N–H and O–H groups in total. The van der Waals surface area contributed by atoms with Crippen molar-refractivity contribution in [3.05, 3.63) is 34.9 Å². The minimum Gasteiger partial charge on any atom is -0.310 e. The minimum absolute atomic E-state index is 0.480. The van der Waals surface area contributed by atoms with Gasteiger partial charge in [-0.25, -0.2) is 0 Å². The van der Waals surface area contributed by atoms with Gasteiger partial charge in [-0.05, 0) is 30.7 Å². The van der Waals surface area contributed by atoms with Crippen molar-refractivity contribution in [2.45, 2.75) is 71.3 Å². The summed E-state index contributed by atoms with van der Waals surface area (Å²) in [5, 5.41) is 4.41. The van der Waals surface area contributed by atoms with Crippen molar-refractivity contribution in [2.24, 2.45) is 0 Å². The van der Waals surface area contributed by atoms with Crippen LogP contribution in [0.2, 0.25) is 5.02 Å². The molecule has 0 aliphatic rings. The lowest BCUT2D eigenvalue weighted by Gasteiger charge is -2.18. The molecule has 1 nitrogen and oxygen atoms in total. The Bertz CT molecular complexity index is 334. The van der Waals surface area contributed by atoms with Crippen LogP contribution in [0, 0.1) is 0 Å². The fourth-order valence-electron chi connectivity index (χ4n) is 2.63. The van der Waals surface area contributed by atoms with E-state index in [0.717, 1.165) is 11.6 Å². The molecule has 1 rings (SSSR count). The van der Waals surface area contributed by atoms with Crippen LogP contribution in [-0.2, 0) is 0 Å². The molecule has 2 heteroatoms. The van der Waals surface area contributed by atoms with E-state index in [-0.39, 0.29) is 0 Å². The van der Waals surface area contributed by atoms with Gasteiger partial charge in [-0.1, -0.05) is 82.5 Å². The average Bonchev–Trinajstić information content (AvgIpc) is 2.46. The molecule has 0 aromatic heterocycles. The summed E-state index contributed by atoms with van der Waals surface area (Å²) in [6.45, 7) is 5.46. The molecule has 1 atom stereocenters. The van der Waals surface area contributed by atoms with Crippen molar-refractivity contribution in [2.75, 3.05) is 6.54 Å². The molecule has 20 heavy (non-hydrogen) atoms. The normalized spacial score (nSPS) is 12.6. The van der Waals surface area contributed by atoms with E-state index in [1.54, 1.807) is 0 Å². The first-order valence-electron chi connectivity index (χ1n) is 8.26. The molecule has 0 spiro atoms. The molecule has 0 saturated heterocycles. The molecule has 0 fully saturated rings. The first-order valence-corrected chi connectivity index (χ1v) is 8.64. The number of rotatable bonds is 11. The molecule has 0 aliphatic heterocycles. The molecule has 114 valence electrons. The van der Waals surface area contributed by atoms with E-state index < -0.39 is 0 Å². The summed E-state index contributed by atoms with van der Waals surface area (Å²) in [4.78, 5) is 0. The zero-order valence-electron chi connectivity index (χ0n) is 13.1. The van der Waals surface area contributed by atoms with Gasteiger partial charge in [0.2, 0.25) is 0 Å². The molecule has 0 heterocycles. The van der Waals surface area contributed by atoms with Gasteiger partial charge in [0.05, 0.1) is 0 Å². The van der Waals surface area contributed by atoms with E-state index in [1.807, 2.05) is 12.1 Å². The molecule has 1 aromatic rings. The molecule has 0 bridgehead atoms. The standard InChI is InChI=1S/C18H30ClN/c1-3-5-6-7-8-9-10-11-18(20-4-2)16-12-14-17(19)15-13-16/h12-15,18,20H,3-11H2,1-2H3. The average molecular weight is 296 g/mol. The lowest BCUT2D eigenvalue weighted by atomic mass is 9.99. The fraction of sp³-hybridized carbons (Fsp3) is 0.667. The number of benzene rings is 1. The van der Waals surface area contributed by atoms with Gasteiger partial charge in [0.25, 0.3) is 0 Å². The Labute approximate surface area is 130 Å². The minimum atomic E-state index is 0.480. The fourth-order valence-corrected chi connectivity index (χ4v) is 2.76. The van der Waals surface area contributed by atoms with Gasteiger partial charge in [-0.3, -0.25) is 0 Å². The van der Waals surface area contributed by atoms with Crippen LogP contribution in [0.15, 0.2) is 24.3 Å². The Hall–Kier alpha value is -0.530. The number of nitrogens with one attached hydrogen (secondary N) is 1. The zero-order chi connectivity index (χ0) is 14.6. The summed E-state index contributed by atoms with van der Waals surface area (Å²) >= 11 is 5.96. The van der Waals surface area contributed by atoms with Crippen LogP contribution in [0.3, 0.4) is 0 Å². The molecule has 0 amide bonds. The number of hydrogen-bond acceptors (Lipinski definition) is 1. The number of halogens is 1. The number of hydrogen-bond donors (Lipinski definition) is 1. The smallest absolute Gasteiger partial charge is 0.0406 e. The van der Waals surface area contributed by atoms with Crippen LogP contribution in [0.4, 0.5) is 0 Å². The van der Waals surface area contributed by atoms with E-state index in [0.29, 0.717) is 6.04 Å². The Kier molecular flexibility index (Phi) is 9.78. The summed E-state index contributed by atoms with van der Waals surface area (Å²) in [6.07, 6.45) is 10.8. The predicted molar refractivity (Wildman–Crippen MR) is 90.5 cm³/mol. The summed E-state index contributed by atoms with van der Waals surface area (Å²) < 4.78 is 0. The summed E-state index contributed by atoms with van der Waals surface area (Å²) in [6, 6.07) is 8.76. The van der Waals surface area contributed by atoms with Crippen molar-refractivity contribution in [3.63, 3.8) is 0 Å². The maximum atomic E-state index is 5.96. The maximum Gasteiger partial charge on any atom is 0.0406 e. The number of unbranched alkanes of at least 4 members (excludes halogenated alkanes) is 6. The van der Waals surface area contributed by atoms with Crippen molar-refractivity contribution in [1.82, 2.24) is 5.32 Å². The van der Waals surface area contributed by atoms with Gasteiger partial charge in [0.15, 0.2) is 0 Å². The van der Waals surface area contributed by atoms with Crippen LogP contribution in [0.25, 0.3) is 0 Å². The first-order chi connectivity index (χ1) is 9.77. The van der Waals surface area contributed by atoms with Crippen LogP contribution >= 0.6 is 11.6 Å². The van der Waals surface area contributed by atoms with E-state index in [1.165, 1.54) is 56.9 Å². The van der Waals surface area contributed by atoms with Gasteiger partial charge in [0.1, 0.15) is 0 Å². The second-order valence-corrected chi connectivity index (χ2v) is 6.01. The van der Waals surface area contributed by atoms with Crippen LogP contribution < -0.4 is 5.32 Å². The zero-order valence-corrected chi connectivity index (χ0v) is 13.9. The van der Waals surface area contributed by atoms with Crippen molar-refractivity contribution < 1.29 is 0 Å². The van der Waals surface area contributed by atoms with Crippen LogP contribution in [0.5, 0.6) is 0 Å². The van der Waals surface area contributed by atoms with E-state index in [9.17, 15) is 0 Å². The van der Waals surface area contributed by atoms with Crippen molar-refractivity contribution in [3.8, 4) is 0 Å². The summed E-state index contributed by atoms with van der Waals surface area (Å²) in [5.74, 6) is 0. The van der Waals surface area contributed by atoms with Gasteiger partial charge < -0.3 is 5.32 Å². The second-order valence-electron chi connectivity index (χ2n) is 5.57. The molecular weight excluding hydrogens is 266 g/mol. The third-order valence-corrected chi connectivity index (χ3v) is 4.07. The first kappa shape index (κ1) is 17.5. The van der Waals surface area contributed by atoms with Gasteiger partial charge >= 0.3 is 0 Å². The highest BCUT2D eigenvalue weighted by Crippen LogP contribution is 2.22. The highest BCUT2D eigenvalue weighted by molar-refractivity contribution is 6.30. The lowest BCUT2D eigenvalue weighted by Crippen LogP contribution is -2.20. The van der Waals surface area contributed by atoms with E-state index >= 15 is 0 Å².